The Morgan fingerprint density at radius 3 is 2.68 bits per heavy atom. The number of halogens is 3. The molecular weight excluding hydrogens is 386 g/mol. The number of ether oxygens (including phenoxy) is 1. The lowest BCUT2D eigenvalue weighted by Crippen LogP contribution is -2.31. The third-order valence-corrected chi connectivity index (χ3v) is 5.59. The summed E-state index contributed by atoms with van der Waals surface area (Å²) in [6.45, 7) is 1.98. The smallest absolute Gasteiger partial charge is 0.228 e. The van der Waals surface area contributed by atoms with E-state index in [1.165, 1.54) is 24.3 Å². The number of hydrogen-bond donors (Lipinski definition) is 2. The van der Waals surface area contributed by atoms with E-state index in [9.17, 15) is 13.6 Å². The first-order chi connectivity index (χ1) is 13.1. The van der Waals surface area contributed by atoms with Gasteiger partial charge in [0.05, 0.1) is 0 Å². The standard InChI is InChI=1S/C21H22F2N2O2.ClH/c22-15-3-1-2-14(10-15)13-27-19-5-4-16(11-18(19)23)25-20(26)17-12-21(17)6-8-24-9-7-21;/h1-5,10-11,17,24H,6-9,12-13H2,(H,25,26);1H. The number of carbonyl (C=O) groups excluding carboxylic acids is 1. The molecule has 1 saturated heterocycles. The third kappa shape index (κ3) is 4.45. The maximum atomic E-state index is 14.3. The van der Waals surface area contributed by atoms with E-state index in [-0.39, 0.29) is 47.8 Å². The Kier molecular flexibility index (Phi) is 6.20. The minimum Gasteiger partial charge on any atom is -0.486 e. The van der Waals surface area contributed by atoms with Gasteiger partial charge in [0.25, 0.3) is 0 Å². The van der Waals surface area contributed by atoms with E-state index in [2.05, 4.69) is 10.6 Å². The predicted molar refractivity (Wildman–Crippen MR) is 106 cm³/mol. The van der Waals surface area contributed by atoms with Gasteiger partial charge in [-0.15, -0.1) is 12.4 Å². The van der Waals surface area contributed by atoms with E-state index in [1.807, 2.05) is 0 Å². The highest BCUT2D eigenvalue weighted by Crippen LogP contribution is 2.58. The minimum absolute atomic E-state index is 0. The van der Waals surface area contributed by atoms with Gasteiger partial charge < -0.3 is 15.4 Å². The molecule has 2 aromatic carbocycles. The van der Waals surface area contributed by atoms with Crippen molar-refractivity contribution in [1.82, 2.24) is 5.32 Å². The van der Waals surface area contributed by atoms with Crippen LogP contribution in [0.5, 0.6) is 5.75 Å². The average Bonchev–Trinajstić information content (AvgIpc) is 3.35. The first kappa shape index (κ1) is 20.6. The molecule has 1 unspecified atom stereocenters. The maximum absolute atomic E-state index is 14.3. The van der Waals surface area contributed by atoms with Crippen LogP contribution < -0.4 is 15.4 Å². The maximum Gasteiger partial charge on any atom is 0.228 e. The van der Waals surface area contributed by atoms with Gasteiger partial charge in [-0.3, -0.25) is 4.79 Å². The number of hydrogen-bond acceptors (Lipinski definition) is 3. The summed E-state index contributed by atoms with van der Waals surface area (Å²) in [7, 11) is 0. The molecule has 7 heteroatoms. The molecule has 1 aliphatic heterocycles. The Morgan fingerprint density at radius 1 is 1.18 bits per heavy atom. The largest absolute Gasteiger partial charge is 0.486 e. The van der Waals surface area contributed by atoms with Gasteiger partial charge in [-0.05, 0) is 67.6 Å². The second-order valence-electron chi connectivity index (χ2n) is 7.42. The van der Waals surface area contributed by atoms with Crippen molar-refractivity contribution in [3.05, 3.63) is 59.7 Å². The summed E-state index contributed by atoms with van der Waals surface area (Å²) in [6.07, 6.45) is 2.95. The zero-order valence-corrected chi connectivity index (χ0v) is 16.2. The van der Waals surface area contributed by atoms with Gasteiger partial charge in [-0.1, -0.05) is 12.1 Å². The number of rotatable bonds is 5. The molecule has 4 nitrogen and oxygen atoms in total. The summed E-state index contributed by atoms with van der Waals surface area (Å²) in [4.78, 5) is 12.5. The fraction of sp³-hybridized carbons (Fsp3) is 0.381. The van der Waals surface area contributed by atoms with E-state index in [0.717, 1.165) is 32.4 Å². The summed E-state index contributed by atoms with van der Waals surface area (Å²) in [5, 5.41) is 6.13. The number of amides is 1. The lowest BCUT2D eigenvalue weighted by Gasteiger charge is -2.23. The highest BCUT2D eigenvalue weighted by molar-refractivity contribution is 5.95. The topological polar surface area (TPSA) is 50.4 Å². The molecule has 1 aliphatic carbocycles. The monoisotopic (exact) mass is 408 g/mol. The normalized spacial score (nSPS) is 19.6. The van der Waals surface area contributed by atoms with Crippen molar-refractivity contribution in [2.24, 2.45) is 11.3 Å². The van der Waals surface area contributed by atoms with E-state index < -0.39 is 5.82 Å². The van der Waals surface area contributed by atoms with Crippen molar-refractivity contribution in [2.75, 3.05) is 18.4 Å². The Bertz CT molecular complexity index is 856. The SMILES string of the molecule is Cl.O=C(Nc1ccc(OCc2cccc(F)c2)c(F)c1)C1CC12CCNCC2. The first-order valence-corrected chi connectivity index (χ1v) is 9.24. The number of piperidine rings is 1. The predicted octanol–water partition coefficient (Wildman–Crippen LogP) is 4.29. The van der Waals surface area contributed by atoms with Crippen molar-refractivity contribution in [2.45, 2.75) is 25.9 Å². The first-order valence-electron chi connectivity index (χ1n) is 9.24. The summed E-state index contributed by atoms with van der Waals surface area (Å²) in [5.74, 6) is -0.868. The van der Waals surface area contributed by atoms with E-state index in [4.69, 9.17) is 4.74 Å². The molecule has 28 heavy (non-hydrogen) atoms. The Hall–Kier alpha value is -2.18. The number of benzene rings is 2. The summed E-state index contributed by atoms with van der Waals surface area (Å²) < 4.78 is 32.9. The highest BCUT2D eigenvalue weighted by atomic mass is 35.5. The van der Waals surface area contributed by atoms with Crippen LogP contribution in [-0.2, 0) is 11.4 Å². The van der Waals surface area contributed by atoms with Crippen LogP contribution in [0.1, 0.15) is 24.8 Å². The van der Waals surface area contributed by atoms with E-state index >= 15 is 0 Å². The van der Waals surface area contributed by atoms with Gasteiger partial charge in [-0.2, -0.15) is 0 Å². The molecule has 2 fully saturated rings. The molecule has 1 spiro atoms. The van der Waals surface area contributed by atoms with Gasteiger partial charge in [0.15, 0.2) is 11.6 Å². The lowest BCUT2D eigenvalue weighted by atomic mass is 9.92. The molecule has 1 amide bonds. The van der Waals surface area contributed by atoms with Gasteiger partial charge in [-0.25, -0.2) is 8.78 Å². The van der Waals surface area contributed by atoms with Crippen molar-refractivity contribution in [1.29, 1.82) is 0 Å². The molecule has 2 aromatic rings. The fourth-order valence-electron chi connectivity index (χ4n) is 3.91. The van der Waals surface area contributed by atoms with E-state index in [1.54, 1.807) is 18.2 Å². The molecule has 1 heterocycles. The molecule has 0 aromatic heterocycles. The second kappa shape index (κ2) is 8.45. The molecule has 1 saturated carbocycles. The van der Waals surface area contributed by atoms with Crippen LogP contribution in [-0.4, -0.2) is 19.0 Å². The molecule has 2 N–H and O–H groups in total. The number of anilines is 1. The summed E-state index contributed by atoms with van der Waals surface area (Å²) in [5.41, 5.74) is 1.18. The van der Waals surface area contributed by atoms with Crippen LogP contribution in [0.25, 0.3) is 0 Å². The zero-order valence-electron chi connectivity index (χ0n) is 15.3. The van der Waals surface area contributed by atoms with E-state index in [0.29, 0.717) is 11.3 Å². The molecule has 0 radical (unpaired) electrons. The Balaban J connectivity index is 0.00000225. The highest BCUT2D eigenvalue weighted by Gasteiger charge is 2.57. The molecular formula is C21H23ClF2N2O2. The lowest BCUT2D eigenvalue weighted by molar-refractivity contribution is -0.118. The van der Waals surface area contributed by atoms with Crippen LogP contribution in [0.4, 0.5) is 14.5 Å². The summed E-state index contributed by atoms with van der Waals surface area (Å²) >= 11 is 0. The Morgan fingerprint density at radius 2 is 1.96 bits per heavy atom. The van der Waals surface area contributed by atoms with Gasteiger partial charge in [0.2, 0.25) is 5.91 Å². The van der Waals surface area contributed by atoms with Crippen LogP contribution in [0.3, 0.4) is 0 Å². The quantitative estimate of drug-likeness (QED) is 0.775. The second-order valence-corrected chi connectivity index (χ2v) is 7.42. The average molecular weight is 409 g/mol. The van der Waals surface area contributed by atoms with Crippen LogP contribution in [0, 0.1) is 23.0 Å². The Labute approximate surface area is 169 Å². The minimum atomic E-state index is -0.559. The van der Waals surface area contributed by atoms with Gasteiger partial charge in [0, 0.05) is 17.7 Å². The zero-order chi connectivity index (χ0) is 18.9. The van der Waals surface area contributed by atoms with Crippen molar-refractivity contribution < 1.29 is 18.3 Å². The van der Waals surface area contributed by atoms with Crippen LogP contribution >= 0.6 is 12.4 Å². The molecule has 4 rings (SSSR count). The number of nitrogens with one attached hydrogen (secondary N) is 2. The van der Waals surface area contributed by atoms with Crippen LogP contribution in [0.15, 0.2) is 42.5 Å². The van der Waals surface area contributed by atoms with Gasteiger partial charge >= 0.3 is 0 Å². The molecule has 1 atom stereocenters. The molecule has 2 aliphatic rings. The third-order valence-electron chi connectivity index (χ3n) is 5.59. The van der Waals surface area contributed by atoms with Crippen molar-refractivity contribution >= 4 is 24.0 Å². The molecule has 150 valence electrons. The van der Waals surface area contributed by atoms with Gasteiger partial charge in [0.1, 0.15) is 12.4 Å². The fourth-order valence-corrected chi connectivity index (χ4v) is 3.91. The molecule has 0 bridgehead atoms. The summed E-state index contributed by atoms with van der Waals surface area (Å²) in [6, 6.07) is 10.3. The van der Waals surface area contributed by atoms with Crippen molar-refractivity contribution in [3.63, 3.8) is 0 Å². The van der Waals surface area contributed by atoms with Crippen molar-refractivity contribution in [3.8, 4) is 5.75 Å². The number of carbonyl (C=O) groups is 1. The van der Waals surface area contributed by atoms with Crippen LogP contribution in [0.2, 0.25) is 0 Å².